The lowest BCUT2D eigenvalue weighted by Gasteiger charge is -2.16. The molecule has 0 bridgehead atoms. The predicted molar refractivity (Wildman–Crippen MR) is 80.8 cm³/mol. The zero-order chi connectivity index (χ0) is 15.7. The van der Waals surface area contributed by atoms with Crippen molar-refractivity contribution in [1.82, 2.24) is 4.90 Å². The lowest BCUT2D eigenvalue weighted by atomic mass is 9.98. The maximum Gasteiger partial charge on any atom is 0.231 e. The van der Waals surface area contributed by atoms with Crippen LogP contribution in [0, 0.1) is 0 Å². The molecule has 1 amide bonds. The largest absolute Gasteiger partial charge is 0.454 e. The quantitative estimate of drug-likeness (QED) is 0.831. The van der Waals surface area contributed by atoms with Gasteiger partial charge in [0.05, 0.1) is 5.75 Å². The lowest BCUT2D eigenvalue weighted by Crippen LogP contribution is -2.29. The zero-order valence-electron chi connectivity index (χ0n) is 12.4. The maximum atomic E-state index is 12.1. The molecule has 6 nitrogen and oxygen atoms in total. The number of carbonyl (C=O) groups excluding carboxylic acids is 1. The second kappa shape index (κ2) is 5.79. The molecule has 0 N–H and O–H groups in total. The van der Waals surface area contributed by atoms with E-state index < -0.39 is 9.84 Å². The molecule has 1 unspecified atom stereocenters. The molecule has 0 aliphatic carbocycles. The summed E-state index contributed by atoms with van der Waals surface area (Å²) in [4.78, 5) is 13.8. The summed E-state index contributed by atoms with van der Waals surface area (Å²) in [7, 11) is -3.10. The van der Waals surface area contributed by atoms with Crippen molar-refractivity contribution in [2.75, 3.05) is 31.9 Å². The second-order valence-corrected chi connectivity index (χ2v) is 8.08. The Labute approximate surface area is 129 Å². The van der Waals surface area contributed by atoms with E-state index in [1.54, 1.807) is 4.90 Å². The summed E-state index contributed by atoms with van der Waals surface area (Å²) in [6.45, 7) is 1.55. The highest BCUT2D eigenvalue weighted by atomic mass is 32.2. The lowest BCUT2D eigenvalue weighted by molar-refractivity contribution is -0.129. The fourth-order valence-electron chi connectivity index (χ4n) is 2.86. The SMILES string of the molecule is CS(=O)(=O)CCC(=O)N1CCC(c2ccc3c(c2)OCO3)C1. The summed E-state index contributed by atoms with van der Waals surface area (Å²) >= 11 is 0. The van der Waals surface area contributed by atoms with Crippen molar-refractivity contribution in [3.05, 3.63) is 23.8 Å². The number of hydrogen-bond donors (Lipinski definition) is 0. The van der Waals surface area contributed by atoms with Crippen molar-refractivity contribution in [2.45, 2.75) is 18.8 Å². The van der Waals surface area contributed by atoms with Crippen LogP contribution < -0.4 is 9.47 Å². The summed E-state index contributed by atoms with van der Waals surface area (Å²) in [6.07, 6.45) is 2.09. The minimum atomic E-state index is -3.10. The molecular weight excluding hydrogens is 306 g/mol. The molecular formula is C15H19NO5S. The first-order chi connectivity index (χ1) is 10.4. The van der Waals surface area contributed by atoms with Gasteiger partial charge in [-0.2, -0.15) is 0 Å². The molecule has 2 heterocycles. The van der Waals surface area contributed by atoms with Gasteiger partial charge in [-0.1, -0.05) is 6.07 Å². The van der Waals surface area contributed by atoms with Crippen LogP contribution in [0.5, 0.6) is 11.5 Å². The smallest absolute Gasteiger partial charge is 0.231 e. The first-order valence-electron chi connectivity index (χ1n) is 7.27. The van der Waals surface area contributed by atoms with Crippen molar-refractivity contribution in [1.29, 1.82) is 0 Å². The standard InChI is InChI=1S/C15H19NO5S/c1-22(18,19)7-5-15(17)16-6-4-12(9-16)11-2-3-13-14(8-11)21-10-20-13/h2-3,8,12H,4-7,9-10H2,1H3. The molecule has 2 aliphatic heterocycles. The predicted octanol–water partition coefficient (Wildman–Crippen LogP) is 1.17. The van der Waals surface area contributed by atoms with Gasteiger partial charge in [-0.05, 0) is 24.1 Å². The molecule has 1 aromatic rings. The van der Waals surface area contributed by atoms with Gasteiger partial charge >= 0.3 is 0 Å². The molecule has 2 aliphatic rings. The Hall–Kier alpha value is -1.76. The van der Waals surface area contributed by atoms with Crippen molar-refractivity contribution in [3.8, 4) is 11.5 Å². The second-order valence-electron chi connectivity index (χ2n) is 5.82. The zero-order valence-corrected chi connectivity index (χ0v) is 13.3. The van der Waals surface area contributed by atoms with Gasteiger partial charge in [-0.3, -0.25) is 4.79 Å². The third-order valence-electron chi connectivity index (χ3n) is 4.10. The van der Waals surface area contributed by atoms with E-state index >= 15 is 0 Å². The number of rotatable bonds is 4. The number of nitrogens with zero attached hydrogens (tertiary/aromatic N) is 1. The average molecular weight is 325 g/mol. The van der Waals surface area contributed by atoms with Crippen LogP contribution >= 0.6 is 0 Å². The molecule has 0 aromatic heterocycles. The first kappa shape index (κ1) is 15.1. The van der Waals surface area contributed by atoms with E-state index in [-0.39, 0.29) is 30.8 Å². The summed E-state index contributed by atoms with van der Waals surface area (Å²) in [6, 6.07) is 5.87. The van der Waals surface area contributed by atoms with E-state index in [0.717, 1.165) is 29.7 Å². The van der Waals surface area contributed by atoms with Crippen LogP contribution in [-0.4, -0.2) is 51.1 Å². The van der Waals surface area contributed by atoms with Crippen LogP contribution in [0.2, 0.25) is 0 Å². The van der Waals surface area contributed by atoms with Gasteiger partial charge in [-0.25, -0.2) is 8.42 Å². The molecule has 120 valence electrons. The van der Waals surface area contributed by atoms with Gasteiger partial charge in [0, 0.05) is 31.7 Å². The third-order valence-corrected chi connectivity index (χ3v) is 5.04. The Morgan fingerprint density at radius 2 is 2.09 bits per heavy atom. The summed E-state index contributed by atoms with van der Waals surface area (Å²) in [5, 5.41) is 0. The minimum absolute atomic E-state index is 0.0622. The van der Waals surface area contributed by atoms with E-state index in [4.69, 9.17) is 9.47 Å². The van der Waals surface area contributed by atoms with Crippen LogP contribution in [-0.2, 0) is 14.6 Å². The Morgan fingerprint density at radius 1 is 1.32 bits per heavy atom. The number of benzene rings is 1. The number of carbonyl (C=O) groups is 1. The number of ether oxygens (including phenoxy) is 2. The molecule has 0 spiro atoms. The molecule has 0 radical (unpaired) electrons. The van der Waals surface area contributed by atoms with Crippen LogP contribution in [0.1, 0.15) is 24.3 Å². The molecule has 0 saturated carbocycles. The van der Waals surface area contributed by atoms with E-state index in [1.807, 2.05) is 18.2 Å². The summed E-state index contributed by atoms with van der Waals surface area (Å²) in [5.41, 5.74) is 1.13. The Kier molecular flexibility index (Phi) is 3.99. The number of amides is 1. The maximum absolute atomic E-state index is 12.1. The minimum Gasteiger partial charge on any atom is -0.454 e. The molecule has 1 aromatic carbocycles. The van der Waals surface area contributed by atoms with Crippen molar-refractivity contribution >= 4 is 15.7 Å². The normalized spacial score (nSPS) is 20.4. The third kappa shape index (κ3) is 3.35. The van der Waals surface area contributed by atoms with Crippen molar-refractivity contribution < 1.29 is 22.7 Å². The monoisotopic (exact) mass is 325 g/mol. The fraction of sp³-hybridized carbons (Fsp3) is 0.533. The van der Waals surface area contributed by atoms with Gasteiger partial charge < -0.3 is 14.4 Å². The molecule has 1 saturated heterocycles. The average Bonchev–Trinajstić information content (AvgIpc) is 3.11. The van der Waals surface area contributed by atoms with Crippen LogP contribution in [0.15, 0.2) is 18.2 Å². The molecule has 3 rings (SSSR count). The molecule has 1 fully saturated rings. The van der Waals surface area contributed by atoms with Crippen molar-refractivity contribution in [3.63, 3.8) is 0 Å². The number of sulfone groups is 1. The Balaban J connectivity index is 1.61. The Morgan fingerprint density at radius 3 is 2.86 bits per heavy atom. The summed E-state index contributed by atoms with van der Waals surface area (Å²) in [5.74, 6) is 1.59. The van der Waals surface area contributed by atoms with Crippen LogP contribution in [0.3, 0.4) is 0 Å². The fourth-order valence-corrected chi connectivity index (χ4v) is 3.40. The molecule has 1 atom stereocenters. The highest BCUT2D eigenvalue weighted by Crippen LogP contribution is 2.37. The van der Waals surface area contributed by atoms with Gasteiger partial charge in [0.2, 0.25) is 12.7 Å². The van der Waals surface area contributed by atoms with Gasteiger partial charge in [0.15, 0.2) is 11.5 Å². The van der Waals surface area contributed by atoms with Gasteiger partial charge in [-0.15, -0.1) is 0 Å². The van der Waals surface area contributed by atoms with E-state index in [0.29, 0.717) is 13.1 Å². The van der Waals surface area contributed by atoms with E-state index in [2.05, 4.69) is 0 Å². The number of hydrogen-bond acceptors (Lipinski definition) is 5. The first-order valence-corrected chi connectivity index (χ1v) is 9.33. The van der Waals surface area contributed by atoms with Gasteiger partial charge in [0.25, 0.3) is 0 Å². The van der Waals surface area contributed by atoms with Crippen LogP contribution in [0.4, 0.5) is 0 Å². The topological polar surface area (TPSA) is 72.9 Å². The van der Waals surface area contributed by atoms with E-state index in [9.17, 15) is 13.2 Å². The van der Waals surface area contributed by atoms with Crippen molar-refractivity contribution in [2.24, 2.45) is 0 Å². The van der Waals surface area contributed by atoms with Crippen LogP contribution in [0.25, 0.3) is 0 Å². The summed E-state index contributed by atoms with van der Waals surface area (Å²) < 4.78 is 33.0. The van der Waals surface area contributed by atoms with Gasteiger partial charge in [0.1, 0.15) is 9.84 Å². The highest BCUT2D eigenvalue weighted by Gasteiger charge is 2.28. The molecule has 7 heteroatoms. The van der Waals surface area contributed by atoms with E-state index in [1.165, 1.54) is 0 Å². The Bertz CT molecular complexity index is 685. The number of likely N-dealkylation sites (tertiary alicyclic amines) is 1. The number of fused-ring (bicyclic) bond motifs is 1. The highest BCUT2D eigenvalue weighted by molar-refractivity contribution is 7.90. The molecule has 22 heavy (non-hydrogen) atoms.